The van der Waals surface area contributed by atoms with E-state index in [9.17, 15) is 102 Å². The molecule has 38 nitrogen and oxygen atoms in total. The average molecular weight is 1610 g/mol. The van der Waals surface area contributed by atoms with Crippen LogP contribution in [-0.4, -0.2) is 325 Å². The molecule has 0 bridgehead atoms. The van der Waals surface area contributed by atoms with Crippen molar-refractivity contribution in [2.45, 2.75) is 42.2 Å². The Morgan fingerprint density at radius 2 is 0.855 bits per heavy atom. The normalized spacial score (nSPS) is 15.4. The summed E-state index contributed by atoms with van der Waals surface area (Å²) in [6.07, 6.45) is -0.207. The maximum Gasteiger partial charge on any atom is 0.352 e. The Morgan fingerprint density at radius 1 is 0.482 bits per heavy atom. The molecular weight excluding hydrogens is 1520 g/mol. The van der Waals surface area contributed by atoms with Gasteiger partial charge in [-0.15, -0.1) is 16.8 Å². The van der Waals surface area contributed by atoms with Crippen LogP contribution in [0.1, 0.15) is 42.9 Å². The van der Waals surface area contributed by atoms with Gasteiger partial charge in [0.05, 0.1) is 87.5 Å². The van der Waals surface area contributed by atoms with E-state index in [-0.39, 0.29) is 172 Å². The second-order valence-electron chi connectivity index (χ2n) is 24.0. The minimum absolute atomic E-state index is 0.0238. The number of likely N-dealkylation sites (N-methyl/N-ethyl adjacent to an activating group) is 2. The first-order chi connectivity index (χ1) is 52.5. The number of carboxylic acid groups (broad SMARTS) is 3. The summed E-state index contributed by atoms with van der Waals surface area (Å²) in [5, 5.41) is 51.7. The highest BCUT2D eigenvalue weighted by molar-refractivity contribution is 8.77. The number of likely N-dealkylation sites (tertiary alicyclic amines) is 1. The number of thiol groups is 1. The van der Waals surface area contributed by atoms with E-state index in [4.69, 9.17) is 4.84 Å². The Morgan fingerprint density at radius 3 is 1.27 bits per heavy atom. The molecule has 0 aliphatic carbocycles. The molecule has 3 aliphatic heterocycles. The van der Waals surface area contributed by atoms with Crippen LogP contribution in [-0.2, 0) is 95.9 Å². The van der Waals surface area contributed by atoms with Crippen molar-refractivity contribution >= 4 is 153 Å². The van der Waals surface area contributed by atoms with Crippen LogP contribution < -0.4 is 53.2 Å². The summed E-state index contributed by atoms with van der Waals surface area (Å²) in [5.74, 6) is -11.3. The second kappa shape index (κ2) is 49.7. The van der Waals surface area contributed by atoms with Gasteiger partial charge in [-0.2, -0.15) is 12.6 Å². The van der Waals surface area contributed by atoms with Gasteiger partial charge in [0.1, 0.15) is 11.3 Å². The lowest BCUT2D eigenvalue weighted by Gasteiger charge is -2.35. The number of hydroxylamine groups is 2. The predicted molar refractivity (Wildman–Crippen MR) is 403 cm³/mol. The van der Waals surface area contributed by atoms with Gasteiger partial charge in [0.15, 0.2) is 0 Å². The second-order valence-corrected chi connectivity index (χ2v) is 28.0. The number of nitrogens with zero attached hydrogens (tertiary/aromatic N) is 6. The van der Waals surface area contributed by atoms with E-state index in [1.807, 2.05) is 54.6 Å². The topological polar surface area (TPSA) is 517 Å². The van der Waals surface area contributed by atoms with Crippen molar-refractivity contribution in [2.75, 3.05) is 162 Å². The van der Waals surface area contributed by atoms with Crippen molar-refractivity contribution in [1.29, 1.82) is 0 Å². The molecular formula is C68H92N16O22S4. The molecule has 2 atom stereocenters. The van der Waals surface area contributed by atoms with Crippen molar-refractivity contribution in [3.8, 4) is 0 Å². The maximum absolute atomic E-state index is 13.2. The number of nitrogens with one attached hydrogen (secondary N) is 10. The first-order valence-corrected chi connectivity index (χ1v) is 38.2. The van der Waals surface area contributed by atoms with Gasteiger partial charge in [-0.05, 0) is 23.6 Å². The summed E-state index contributed by atoms with van der Waals surface area (Å²) in [7, 11) is 5.80. The molecule has 42 heteroatoms. The smallest absolute Gasteiger partial charge is 0.352 e. The van der Waals surface area contributed by atoms with Crippen LogP contribution in [0, 0.1) is 0 Å². The van der Waals surface area contributed by atoms with Crippen LogP contribution in [0.25, 0.3) is 0 Å². The lowest BCUT2D eigenvalue weighted by atomic mass is 9.84. The summed E-state index contributed by atoms with van der Waals surface area (Å²) in [6, 6.07) is 29.4. The highest BCUT2D eigenvalue weighted by Crippen LogP contribution is 2.53. The van der Waals surface area contributed by atoms with Crippen molar-refractivity contribution in [3.05, 3.63) is 108 Å². The van der Waals surface area contributed by atoms with E-state index >= 15 is 0 Å². The molecule has 2 unspecified atom stereocenters. The van der Waals surface area contributed by atoms with Crippen molar-refractivity contribution in [2.24, 2.45) is 0 Å². The Bertz CT molecular complexity index is 3520. The molecule has 600 valence electrons. The Hall–Kier alpha value is -10.2. The van der Waals surface area contributed by atoms with Crippen LogP contribution in [0.15, 0.2) is 91.0 Å². The van der Waals surface area contributed by atoms with Gasteiger partial charge in [-0.1, -0.05) is 113 Å². The standard InChI is InChI=1S/C32H52N10O13S.C29H27N3O6S2.C7H13N3O3S/c1-21(41-11-9-39(18-29(50)51)7-5-38(17-28(48)49)6-8-40(10-12-41)19-30(52)53)31(54)37-16-24(44)34-3-4-42-27(47)13-22(32(42)55)56-20-26(46)36-15-25(45)35-14-23(43)33-2;33-24(31-19-28(37)38-32-26(35)16-17-27(32)36)18-30-25(34)20-39-40-29(21-10-4-1-5-11-21,22-12-6-2-7-13-22)23-14-8-3-9-15-23;1-8-5(11)2-9-6(12)3-10-7(13)4-14/h21-22H,3-20H2,1-2H3,(H,33,43)(H,34,44)(H,35,45)(H,36,46)(H,37,54)(H,48,49)(H,50,51)(H,52,53);1-15H,16-20H2,(H,30,34)(H,31,33);14H,2-4H2,1H3,(H,8,11)(H,9,12)(H,10,13). The molecule has 0 aromatic heterocycles. The van der Waals surface area contributed by atoms with E-state index in [2.05, 4.69) is 102 Å². The van der Waals surface area contributed by atoms with Gasteiger partial charge in [-0.3, -0.25) is 106 Å². The molecule has 0 spiro atoms. The fraction of sp³-hybridized carbons (Fsp3) is 0.471. The quantitative estimate of drug-likeness (QED) is 0.0111. The zero-order chi connectivity index (χ0) is 81.1. The molecule has 0 radical (unpaired) electrons. The van der Waals surface area contributed by atoms with Crippen LogP contribution in [0.2, 0.25) is 0 Å². The SMILES string of the molecule is CNC(=O)CNC(=O)CNC(=O)CS.CNC(=O)CNC(=O)CNC(=O)CSC1CC(=O)N(CCNC(=O)CNC(=O)C(C)N2CCN(CC(=O)O)CCN(CC(=O)O)CCN(CC(=O)O)CC2)C1=O.O=C(CNC(=O)CSSC(c1ccccc1)(c1ccccc1)c1ccccc1)NCC(=O)ON1C(=O)CCC1=O. The summed E-state index contributed by atoms with van der Waals surface area (Å²) >= 11 is 4.63. The largest absolute Gasteiger partial charge is 0.480 e. The number of aliphatic carboxylic acids is 3. The lowest BCUT2D eigenvalue weighted by Crippen LogP contribution is -2.53. The number of imide groups is 2. The fourth-order valence-corrected chi connectivity index (χ4v) is 14.4. The number of carbonyl (C=O) groups excluding carboxylic acids is 15. The van der Waals surface area contributed by atoms with Crippen LogP contribution in [0.3, 0.4) is 0 Å². The minimum atomic E-state index is -1.09. The molecule has 3 heterocycles. The van der Waals surface area contributed by atoms with Gasteiger partial charge in [0, 0.05) is 98.8 Å². The zero-order valence-electron chi connectivity index (χ0n) is 60.7. The number of amides is 14. The molecule has 3 saturated heterocycles. The molecule has 13 N–H and O–H groups in total. The summed E-state index contributed by atoms with van der Waals surface area (Å²) in [6.45, 7) is -0.158. The number of thioether (sulfide) groups is 1. The predicted octanol–water partition coefficient (Wildman–Crippen LogP) is -4.98. The van der Waals surface area contributed by atoms with Gasteiger partial charge in [0.25, 0.3) is 11.8 Å². The number of carboxylic acids is 3. The maximum atomic E-state index is 13.2. The van der Waals surface area contributed by atoms with E-state index in [1.54, 1.807) is 37.3 Å². The molecule has 110 heavy (non-hydrogen) atoms. The highest BCUT2D eigenvalue weighted by Gasteiger charge is 2.40. The summed E-state index contributed by atoms with van der Waals surface area (Å²) < 4.78 is -0.593. The molecule has 6 rings (SSSR count). The third-order valence-corrected chi connectivity index (χ3v) is 20.4. The highest BCUT2D eigenvalue weighted by atomic mass is 33.1. The lowest BCUT2D eigenvalue weighted by molar-refractivity contribution is -0.196. The van der Waals surface area contributed by atoms with Gasteiger partial charge in [0.2, 0.25) is 70.9 Å². The third kappa shape index (κ3) is 34.1. The number of hydrogen-bond donors (Lipinski definition) is 14. The van der Waals surface area contributed by atoms with E-state index in [1.165, 1.54) is 24.9 Å². The van der Waals surface area contributed by atoms with E-state index < -0.39 is 118 Å². The summed E-state index contributed by atoms with van der Waals surface area (Å²) in [5.41, 5.74) is 3.19. The van der Waals surface area contributed by atoms with Crippen LogP contribution >= 0.6 is 46.0 Å². The third-order valence-electron chi connectivity index (χ3n) is 16.0. The molecule has 14 amide bonds. The number of rotatable bonds is 37. The van der Waals surface area contributed by atoms with Gasteiger partial charge >= 0.3 is 23.9 Å². The number of hydrogen-bond acceptors (Lipinski definition) is 27. The minimum Gasteiger partial charge on any atom is -0.480 e. The number of carbonyl (C=O) groups is 18. The first kappa shape index (κ1) is 92.1. The first-order valence-electron chi connectivity index (χ1n) is 34.2. The molecule has 3 fully saturated rings. The van der Waals surface area contributed by atoms with Crippen LogP contribution in [0.5, 0.6) is 0 Å². The van der Waals surface area contributed by atoms with Crippen molar-refractivity contribution in [1.82, 2.24) is 82.7 Å². The van der Waals surface area contributed by atoms with Crippen molar-refractivity contribution < 1.29 is 106 Å². The average Bonchev–Trinajstić information content (AvgIpc) is 0.971. The Labute approximate surface area is 650 Å². The Balaban J connectivity index is 0.000000408. The van der Waals surface area contributed by atoms with E-state index in [0.717, 1.165) is 33.4 Å². The molecule has 3 aliphatic rings. The van der Waals surface area contributed by atoms with Gasteiger partial charge < -0.3 is 73.3 Å². The molecule has 3 aromatic rings. The van der Waals surface area contributed by atoms with Crippen molar-refractivity contribution in [3.63, 3.8) is 0 Å². The van der Waals surface area contributed by atoms with Gasteiger partial charge in [-0.25, -0.2) is 4.79 Å². The number of benzene rings is 3. The fourth-order valence-electron chi connectivity index (χ4n) is 10.2. The molecule has 0 saturated carbocycles. The van der Waals surface area contributed by atoms with Crippen LogP contribution in [0.4, 0.5) is 0 Å². The van der Waals surface area contributed by atoms with E-state index in [0.29, 0.717) is 5.06 Å². The Kier molecular flexibility index (Phi) is 41.7. The zero-order valence-corrected chi connectivity index (χ0v) is 64.0. The molecule has 3 aromatic carbocycles. The summed E-state index contributed by atoms with van der Waals surface area (Å²) in [4.78, 5) is 225. The monoisotopic (exact) mass is 1610 g/mol.